The monoisotopic (exact) mass is 364 g/mol. The van der Waals surface area contributed by atoms with E-state index in [1.807, 2.05) is 48.8 Å². The van der Waals surface area contributed by atoms with Gasteiger partial charge in [-0.1, -0.05) is 18.2 Å². The van der Waals surface area contributed by atoms with Gasteiger partial charge in [0.2, 0.25) is 0 Å². The Morgan fingerprint density at radius 1 is 1.19 bits per heavy atom. The summed E-state index contributed by atoms with van der Waals surface area (Å²) in [6.45, 7) is 5.72. The van der Waals surface area contributed by atoms with Crippen molar-refractivity contribution < 1.29 is 9.84 Å². The molecule has 2 heterocycles. The molecule has 6 heteroatoms. The Kier molecular flexibility index (Phi) is 5.17. The van der Waals surface area contributed by atoms with Gasteiger partial charge in [0.1, 0.15) is 29.8 Å². The molecular formula is C21H24N4O2. The van der Waals surface area contributed by atoms with Crippen LogP contribution in [0, 0.1) is 11.3 Å². The predicted molar refractivity (Wildman–Crippen MR) is 103 cm³/mol. The smallest absolute Gasteiger partial charge is 0.147 e. The fourth-order valence-corrected chi connectivity index (χ4v) is 3.28. The third kappa shape index (κ3) is 4.64. The number of nitrogens with one attached hydrogen (secondary N) is 1. The van der Waals surface area contributed by atoms with E-state index in [1.165, 1.54) is 0 Å². The minimum Gasteiger partial charge on any atom is -0.488 e. The van der Waals surface area contributed by atoms with E-state index in [0.29, 0.717) is 17.7 Å². The van der Waals surface area contributed by atoms with E-state index in [-0.39, 0.29) is 6.61 Å². The van der Waals surface area contributed by atoms with Gasteiger partial charge in [0.05, 0.1) is 5.56 Å². The minimum absolute atomic E-state index is 0.0161. The van der Waals surface area contributed by atoms with Gasteiger partial charge in [0.15, 0.2) is 0 Å². The largest absolute Gasteiger partial charge is 0.488 e. The number of nitriles is 1. The zero-order valence-electron chi connectivity index (χ0n) is 15.8. The van der Waals surface area contributed by atoms with Crippen molar-refractivity contribution in [3.63, 3.8) is 0 Å². The van der Waals surface area contributed by atoms with Crippen molar-refractivity contribution in [2.45, 2.75) is 38.5 Å². The summed E-state index contributed by atoms with van der Waals surface area (Å²) in [5.41, 5.74) is 0.708. The van der Waals surface area contributed by atoms with Crippen LogP contribution < -0.4 is 10.1 Å². The van der Waals surface area contributed by atoms with Crippen LogP contribution in [0.5, 0.6) is 5.75 Å². The molecule has 1 atom stereocenters. The molecule has 0 aliphatic heterocycles. The Morgan fingerprint density at radius 2 is 1.93 bits per heavy atom. The van der Waals surface area contributed by atoms with E-state index in [4.69, 9.17) is 10.00 Å². The number of nitrogens with zero attached hydrogens (tertiary/aromatic N) is 3. The van der Waals surface area contributed by atoms with Crippen LogP contribution in [0.3, 0.4) is 0 Å². The Labute approximate surface area is 159 Å². The molecule has 2 N–H and O–H groups in total. The van der Waals surface area contributed by atoms with Gasteiger partial charge in [0.25, 0.3) is 0 Å². The lowest BCUT2D eigenvalue weighted by Crippen LogP contribution is -2.57. The zero-order chi connectivity index (χ0) is 19.5. The van der Waals surface area contributed by atoms with Crippen LogP contribution in [0.15, 0.2) is 54.9 Å². The molecule has 6 nitrogen and oxygen atoms in total. The molecule has 1 unspecified atom stereocenters. The SMILES string of the molecule is CC(C)(Cc1cnc2ccccn12)NC(C)(O)COc1ccccc1C#N. The highest BCUT2D eigenvalue weighted by Gasteiger charge is 2.31. The molecule has 0 saturated carbocycles. The van der Waals surface area contributed by atoms with Crippen LogP contribution in [0.25, 0.3) is 5.65 Å². The van der Waals surface area contributed by atoms with Crippen LogP contribution in [0.4, 0.5) is 0 Å². The van der Waals surface area contributed by atoms with Gasteiger partial charge in [0, 0.05) is 30.0 Å². The number of hydrogen-bond acceptors (Lipinski definition) is 5. The third-order valence-corrected chi connectivity index (χ3v) is 4.24. The van der Waals surface area contributed by atoms with Gasteiger partial charge in [-0.05, 0) is 45.0 Å². The number of pyridine rings is 1. The van der Waals surface area contributed by atoms with E-state index in [9.17, 15) is 5.11 Å². The molecule has 2 aromatic heterocycles. The van der Waals surface area contributed by atoms with Crippen LogP contribution in [-0.4, -0.2) is 32.4 Å². The molecular weight excluding hydrogens is 340 g/mol. The second-order valence-corrected chi connectivity index (χ2v) is 7.53. The molecule has 0 aliphatic carbocycles. The highest BCUT2D eigenvalue weighted by molar-refractivity contribution is 5.42. The van der Waals surface area contributed by atoms with Crippen LogP contribution in [-0.2, 0) is 6.42 Å². The Morgan fingerprint density at radius 3 is 2.70 bits per heavy atom. The average Bonchev–Trinajstić information content (AvgIpc) is 3.02. The van der Waals surface area contributed by atoms with E-state index in [2.05, 4.69) is 16.4 Å². The van der Waals surface area contributed by atoms with Gasteiger partial charge >= 0.3 is 0 Å². The maximum absolute atomic E-state index is 10.8. The highest BCUT2D eigenvalue weighted by atomic mass is 16.5. The van der Waals surface area contributed by atoms with Gasteiger partial charge in [-0.15, -0.1) is 0 Å². The number of ether oxygens (including phenoxy) is 1. The summed E-state index contributed by atoms with van der Waals surface area (Å²) in [6.07, 6.45) is 4.50. The first-order chi connectivity index (χ1) is 12.8. The Hall–Kier alpha value is -2.88. The molecule has 0 fully saturated rings. The number of rotatable bonds is 7. The number of aromatic nitrogens is 2. The van der Waals surface area contributed by atoms with Crippen molar-refractivity contribution in [1.29, 1.82) is 5.26 Å². The lowest BCUT2D eigenvalue weighted by atomic mass is 9.96. The summed E-state index contributed by atoms with van der Waals surface area (Å²) < 4.78 is 7.73. The molecule has 0 aliphatic rings. The number of aliphatic hydroxyl groups is 1. The first-order valence-corrected chi connectivity index (χ1v) is 8.84. The molecule has 0 saturated heterocycles. The van der Waals surface area contributed by atoms with E-state index >= 15 is 0 Å². The summed E-state index contributed by atoms with van der Waals surface area (Å²) in [5.74, 6) is 0.460. The second-order valence-electron chi connectivity index (χ2n) is 7.53. The molecule has 1 aromatic carbocycles. The van der Waals surface area contributed by atoms with Gasteiger partial charge < -0.3 is 14.2 Å². The normalized spacial score (nSPS) is 13.9. The molecule has 0 radical (unpaired) electrons. The predicted octanol–water partition coefficient (Wildman–Crippen LogP) is 2.90. The summed E-state index contributed by atoms with van der Waals surface area (Å²) in [4.78, 5) is 4.41. The fraction of sp³-hybridized carbons (Fsp3) is 0.333. The van der Waals surface area contributed by atoms with Crippen LogP contribution in [0.1, 0.15) is 32.0 Å². The number of hydrogen-bond donors (Lipinski definition) is 2. The number of benzene rings is 1. The van der Waals surface area contributed by atoms with Crippen molar-refractivity contribution in [1.82, 2.24) is 14.7 Å². The van der Waals surface area contributed by atoms with Crippen molar-refractivity contribution in [2.75, 3.05) is 6.61 Å². The molecule has 0 bridgehead atoms. The summed E-state index contributed by atoms with van der Waals surface area (Å²) in [5, 5.41) is 23.2. The Bertz CT molecular complexity index is 969. The molecule has 140 valence electrons. The van der Waals surface area contributed by atoms with Crippen LogP contribution in [0.2, 0.25) is 0 Å². The minimum atomic E-state index is -1.27. The first-order valence-electron chi connectivity index (χ1n) is 8.84. The standard InChI is InChI=1S/C21H24N4O2/c1-20(2,12-17-14-23-19-10-6-7-11-25(17)19)24-21(3,26)15-27-18-9-5-4-8-16(18)13-22/h4-11,14,24,26H,12,15H2,1-3H3. The van der Waals surface area contributed by atoms with Crippen molar-refractivity contribution in [3.8, 4) is 11.8 Å². The quantitative estimate of drug-likeness (QED) is 0.630. The summed E-state index contributed by atoms with van der Waals surface area (Å²) in [6, 6.07) is 15.0. The summed E-state index contributed by atoms with van der Waals surface area (Å²) >= 11 is 0. The number of imidazole rings is 1. The first kappa shape index (κ1) is 18.9. The molecule has 0 spiro atoms. The second kappa shape index (κ2) is 7.39. The van der Waals surface area contributed by atoms with E-state index in [0.717, 1.165) is 11.3 Å². The molecule has 27 heavy (non-hydrogen) atoms. The van der Waals surface area contributed by atoms with E-state index < -0.39 is 11.3 Å². The van der Waals surface area contributed by atoms with Gasteiger partial charge in [-0.3, -0.25) is 5.32 Å². The average molecular weight is 364 g/mol. The van der Waals surface area contributed by atoms with Crippen LogP contribution >= 0.6 is 0 Å². The number of para-hydroxylation sites is 1. The Balaban J connectivity index is 1.67. The molecule has 3 rings (SSSR count). The van der Waals surface area contributed by atoms with E-state index in [1.54, 1.807) is 31.2 Å². The highest BCUT2D eigenvalue weighted by Crippen LogP contribution is 2.20. The fourth-order valence-electron chi connectivity index (χ4n) is 3.28. The van der Waals surface area contributed by atoms with Crippen molar-refractivity contribution in [3.05, 3.63) is 66.1 Å². The zero-order valence-corrected chi connectivity index (χ0v) is 15.8. The lowest BCUT2D eigenvalue weighted by Gasteiger charge is -2.35. The maximum atomic E-state index is 10.8. The molecule has 0 amide bonds. The maximum Gasteiger partial charge on any atom is 0.147 e. The van der Waals surface area contributed by atoms with Crippen molar-refractivity contribution >= 4 is 5.65 Å². The summed E-state index contributed by atoms with van der Waals surface area (Å²) in [7, 11) is 0. The van der Waals surface area contributed by atoms with Crippen molar-refractivity contribution in [2.24, 2.45) is 0 Å². The van der Waals surface area contributed by atoms with Gasteiger partial charge in [-0.25, -0.2) is 4.98 Å². The lowest BCUT2D eigenvalue weighted by molar-refractivity contribution is -0.0392. The van der Waals surface area contributed by atoms with Gasteiger partial charge in [-0.2, -0.15) is 5.26 Å². The topological polar surface area (TPSA) is 82.6 Å². The molecule has 3 aromatic rings. The number of fused-ring (bicyclic) bond motifs is 1. The third-order valence-electron chi connectivity index (χ3n) is 4.24.